The van der Waals surface area contributed by atoms with Crippen LogP contribution in [0.15, 0.2) is 23.9 Å². The van der Waals surface area contributed by atoms with Crippen molar-refractivity contribution in [1.82, 2.24) is 4.98 Å². The lowest BCUT2D eigenvalue weighted by atomic mass is 9.71. The monoisotopic (exact) mass is 551 g/mol. The second kappa shape index (κ2) is 12.5. The number of cyclic esters (lactones) is 1. The number of fused-ring (bicyclic) bond motifs is 1. The molecule has 0 aliphatic carbocycles. The summed E-state index contributed by atoms with van der Waals surface area (Å²) in [7, 11) is 0. The highest BCUT2D eigenvalue weighted by Crippen LogP contribution is 2.45. The van der Waals surface area contributed by atoms with Gasteiger partial charge < -0.3 is 19.7 Å². The van der Waals surface area contributed by atoms with E-state index in [1.807, 2.05) is 20.8 Å². The van der Waals surface area contributed by atoms with Crippen LogP contribution < -0.4 is 0 Å². The number of nitrogens with zero attached hydrogens (tertiary/aromatic N) is 1. The first-order valence-electron chi connectivity index (χ1n) is 13.5. The van der Waals surface area contributed by atoms with Crippen LogP contribution in [-0.2, 0) is 19.1 Å². The number of carbonyl (C=O) groups excluding carboxylic acids is 2. The van der Waals surface area contributed by atoms with Gasteiger partial charge in [-0.2, -0.15) is 0 Å². The van der Waals surface area contributed by atoms with E-state index in [-0.39, 0.29) is 24.2 Å². The normalized spacial score (nSPS) is 35.3. The van der Waals surface area contributed by atoms with E-state index in [0.29, 0.717) is 31.4 Å². The number of allylic oxidation sites excluding steroid dienone is 1. The van der Waals surface area contributed by atoms with Crippen LogP contribution in [-0.4, -0.2) is 57.0 Å². The maximum absolute atomic E-state index is 15.4. The van der Waals surface area contributed by atoms with Gasteiger partial charge in [-0.3, -0.25) is 9.59 Å². The Morgan fingerprint density at radius 3 is 2.66 bits per heavy atom. The maximum Gasteiger partial charge on any atom is 0.309 e. The van der Waals surface area contributed by atoms with Crippen LogP contribution in [0.25, 0.3) is 6.08 Å². The second-order valence-corrected chi connectivity index (χ2v) is 12.7. The van der Waals surface area contributed by atoms with Gasteiger partial charge in [-0.05, 0) is 51.5 Å². The van der Waals surface area contributed by atoms with E-state index in [0.717, 1.165) is 11.4 Å². The Hall–Kier alpha value is -1.94. The number of aliphatic hydroxyl groups excluding tert-OH is 2. The molecule has 0 amide bonds. The fourth-order valence-electron chi connectivity index (χ4n) is 5.26. The lowest BCUT2D eigenvalue weighted by Crippen LogP contribution is -2.46. The van der Waals surface area contributed by atoms with Gasteiger partial charge in [-0.25, -0.2) is 9.37 Å². The molecule has 9 heteroatoms. The number of carbonyl (C=O) groups is 2. The zero-order valence-electron chi connectivity index (χ0n) is 23.1. The number of Topliss-reactive ketones (excluding diaryl/α,β-unsaturated/α-hetero) is 1. The Balaban J connectivity index is 1.88. The summed E-state index contributed by atoms with van der Waals surface area (Å²) in [6.45, 7) is 12.6. The van der Waals surface area contributed by atoms with Gasteiger partial charge in [-0.15, -0.1) is 17.9 Å². The first-order valence-corrected chi connectivity index (χ1v) is 14.3. The summed E-state index contributed by atoms with van der Waals surface area (Å²) >= 11 is 1.39. The molecular formula is C29H42FNO6S. The molecule has 1 aromatic heterocycles. The zero-order valence-corrected chi connectivity index (χ0v) is 23.9. The van der Waals surface area contributed by atoms with Crippen molar-refractivity contribution in [3.63, 3.8) is 0 Å². The third-order valence-electron chi connectivity index (χ3n) is 8.14. The van der Waals surface area contributed by atoms with Crippen LogP contribution in [0.3, 0.4) is 0 Å². The molecule has 3 heterocycles. The number of esters is 1. The molecule has 2 aliphatic heterocycles. The molecule has 7 nitrogen and oxygen atoms in total. The molecule has 212 valence electrons. The topological polar surface area (TPSA) is 109 Å². The summed E-state index contributed by atoms with van der Waals surface area (Å²) in [5.41, 5.74) is -1.37. The molecule has 38 heavy (non-hydrogen) atoms. The lowest BCUT2D eigenvalue weighted by Gasteiger charge is -2.36. The Kier molecular flexibility index (Phi) is 10.1. The minimum Gasteiger partial charge on any atom is -0.455 e. The van der Waals surface area contributed by atoms with Crippen LogP contribution in [0, 0.1) is 24.2 Å². The average molecular weight is 552 g/mol. The van der Waals surface area contributed by atoms with Gasteiger partial charge in [0.2, 0.25) is 0 Å². The minimum absolute atomic E-state index is 0.133. The summed E-state index contributed by atoms with van der Waals surface area (Å²) in [6.07, 6.45) is 1.90. The fraction of sp³-hybridized carbons (Fsp3) is 0.690. The smallest absolute Gasteiger partial charge is 0.309 e. The first-order chi connectivity index (χ1) is 17.8. The molecule has 1 aromatic rings. The Morgan fingerprint density at radius 2 is 2.03 bits per heavy atom. The van der Waals surface area contributed by atoms with Gasteiger partial charge in [0.25, 0.3) is 0 Å². The third-order valence-corrected chi connectivity index (χ3v) is 8.93. The van der Waals surface area contributed by atoms with Crippen molar-refractivity contribution in [2.24, 2.45) is 17.3 Å². The summed E-state index contributed by atoms with van der Waals surface area (Å²) in [6, 6.07) is 0. The van der Waals surface area contributed by atoms with E-state index < -0.39 is 53.5 Å². The number of hydrogen-bond acceptors (Lipinski definition) is 8. The molecule has 0 radical (unpaired) electrons. The van der Waals surface area contributed by atoms with Crippen LogP contribution in [0.4, 0.5) is 4.39 Å². The Morgan fingerprint density at radius 1 is 1.32 bits per heavy atom. The first kappa shape index (κ1) is 30.6. The molecule has 7 atom stereocenters. The van der Waals surface area contributed by atoms with Gasteiger partial charge in [0.1, 0.15) is 11.6 Å². The highest BCUT2D eigenvalue weighted by Gasteiger charge is 2.53. The van der Waals surface area contributed by atoms with E-state index in [4.69, 9.17) is 9.47 Å². The lowest BCUT2D eigenvalue weighted by molar-refractivity contribution is -0.155. The van der Waals surface area contributed by atoms with E-state index in [9.17, 15) is 19.8 Å². The second-order valence-electron chi connectivity index (χ2n) is 11.6. The maximum atomic E-state index is 15.4. The number of thiazole rings is 1. The SMILES string of the molecule is C=CCC[C@H]1C(=O)C(C)(C)[C@@H](O)CC(=O)O[C@H](C(F)=Cc2csc(C)n2)CC2OC2(C)CCC[C@H](C)[C@H]1O. The quantitative estimate of drug-likeness (QED) is 0.289. The molecule has 2 N–H and O–H groups in total. The molecule has 0 spiro atoms. The van der Waals surface area contributed by atoms with Crippen molar-refractivity contribution in [3.8, 4) is 0 Å². The number of halogens is 1. The Labute approximate surface area is 229 Å². The highest BCUT2D eigenvalue weighted by atomic mass is 32.1. The van der Waals surface area contributed by atoms with Gasteiger partial charge in [0, 0.05) is 17.7 Å². The molecule has 0 bridgehead atoms. The van der Waals surface area contributed by atoms with Gasteiger partial charge >= 0.3 is 5.97 Å². The van der Waals surface area contributed by atoms with E-state index >= 15 is 4.39 Å². The van der Waals surface area contributed by atoms with Crippen LogP contribution in [0.5, 0.6) is 0 Å². The molecule has 3 rings (SSSR count). The van der Waals surface area contributed by atoms with Crippen molar-refractivity contribution in [2.45, 2.75) is 110 Å². The number of ketones is 1. The predicted molar refractivity (Wildman–Crippen MR) is 145 cm³/mol. The molecule has 0 aromatic carbocycles. The van der Waals surface area contributed by atoms with Gasteiger partial charge in [-0.1, -0.05) is 33.3 Å². The third kappa shape index (κ3) is 7.37. The number of aliphatic hydroxyl groups is 2. The summed E-state index contributed by atoms with van der Waals surface area (Å²) in [5, 5.41) is 24.7. The van der Waals surface area contributed by atoms with Crippen molar-refractivity contribution in [3.05, 3.63) is 34.6 Å². The number of aryl methyl sites for hydroxylation is 1. The number of epoxide rings is 1. The fourth-order valence-corrected chi connectivity index (χ4v) is 5.83. The molecule has 2 saturated heterocycles. The van der Waals surface area contributed by atoms with E-state index in [2.05, 4.69) is 11.6 Å². The highest BCUT2D eigenvalue weighted by molar-refractivity contribution is 7.09. The summed E-state index contributed by atoms with van der Waals surface area (Å²) in [4.78, 5) is 30.8. The van der Waals surface area contributed by atoms with Gasteiger partial charge in [0.05, 0.1) is 46.5 Å². The van der Waals surface area contributed by atoms with Crippen LogP contribution >= 0.6 is 11.3 Å². The van der Waals surface area contributed by atoms with E-state index in [1.54, 1.807) is 25.3 Å². The number of hydrogen-bond donors (Lipinski definition) is 2. The molecular weight excluding hydrogens is 509 g/mol. The summed E-state index contributed by atoms with van der Waals surface area (Å²) in [5.74, 6) is -2.65. The largest absolute Gasteiger partial charge is 0.455 e. The minimum atomic E-state index is -1.37. The number of ether oxygens (including phenoxy) is 2. The van der Waals surface area contributed by atoms with E-state index in [1.165, 1.54) is 17.4 Å². The molecule has 2 unspecified atom stereocenters. The predicted octanol–water partition coefficient (Wildman–Crippen LogP) is 5.33. The Bertz CT molecular complexity index is 1040. The van der Waals surface area contributed by atoms with Crippen molar-refractivity contribution < 1.29 is 33.7 Å². The number of aromatic nitrogens is 1. The van der Waals surface area contributed by atoms with Crippen LogP contribution in [0.1, 0.15) is 83.3 Å². The average Bonchev–Trinajstić information content (AvgIpc) is 3.29. The molecule has 2 aliphatic rings. The number of rotatable bonds is 5. The zero-order chi connectivity index (χ0) is 28.3. The molecule has 0 saturated carbocycles. The van der Waals surface area contributed by atoms with Crippen molar-refractivity contribution >= 4 is 29.2 Å². The van der Waals surface area contributed by atoms with Crippen molar-refractivity contribution in [2.75, 3.05) is 0 Å². The van der Waals surface area contributed by atoms with Crippen LogP contribution in [0.2, 0.25) is 0 Å². The standard InChI is InChI=1S/C29H42FNO6S/c1-7-8-11-20-26(34)17(2)10-9-12-29(6)24(37-29)14-22(21(30)13-19-16-38-18(3)31-19)36-25(33)15-23(32)28(4,5)27(20)35/h7,13,16-17,20,22-24,26,32,34H,1,8-12,14-15H2,2-6H3/t17-,20+,22-,23-,24?,26+,29?/m0/s1. The molecule has 2 fully saturated rings. The summed E-state index contributed by atoms with van der Waals surface area (Å²) < 4.78 is 26.9. The van der Waals surface area contributed by atoms with Crippen molar-refractivity contribution in [1.29, 1.82) is 0 Å². The van der Waals surface area contributed by atoms with Gasteiger partial charge in [0.15, 0.2) is 6.10 Å².